The van der Waals surface area contributed by atoms with E-state index in [1.54, 1.807) is 6.92 Å². The minimum Gasteiger partial charge on any atom is -0.464 e. The van der Waals surface area contributed by atoms with Crippen LogP contribution in [0, 0.1) is 0 Å². The standard InChI is InChI=1S/C11H16F3NO3/c1-2-18-10(17)8-5-3-4-6-15(8)9(16)7-11(12,13)14/h8H,2-7H2,1H3. The number of carbonyl (C=O) groups excluding carboxylic acids is 2. The van der Waals surface area contributed by atoms with Crippen LogP contribution >= 0.6 is 0 Å². The SMILES string of the molecule is CCOC(=O)C1CCCCN1C(=O)CC(F)(F)F. The number of ether oxygens (including phenoxy) is 1. The van der Waals surface area contributed by atoms with Crippen molar-refractivity contribution in [1.82, 2.24) is 4.90 Å². The van der Waals surface area contributed by atoms with E-state index in [-0.39, 0.29) is 13.2 Å². The lowest BCUT2D eigenvalue weighted by molar-refractivity contribution is -0.170. The average Bonchev–Trinajstić information content (AvgIpc) is 2.27. The van der Waals surface area contributed by atoms with Gasteiger partial charge in [0.2, 0.25) is 5.91 Å². The molecule has 0 spiro atoms. The molecule has 1 amide bonds. The Labute approximate surface area is 103 Å². The molecule has 18 heavy (non-hydrogen) atoms. The topological polar surface area (TPSA) is 46.6 Å². The van der Waals surface area contributed by atoms with Gasteiger partial charge in [0.1, 0.15) is 12.5 Å². The third-order valence-electron chi connectivity index (χ3n) is 2.73. The zero-order chi connectivity index (χ0) is 13.8. The van der Waals surface area contributed by atoms with Gasteiger partial charge in [0.25, 0.3) is 0 Å². The van der Waals surface area contributed by atoms with Crippen LogP contribution in [0.2, 0.25) is 0 Å². The Bertz CT molecular complexity index is 317. The summed E-state index contributed by atoms with van der Waals surface area (Å²) in [4.78, 5) is 24.1. The maximum Gasteiger partial charge on any atom is 0.397 e. The number of hydrogen-bond acceptors (Lipinski definition) is 3. The quantitative estimate of drug-likeness (QED) is 0.733. The Kier molecular flexibility index (Phi) is 4.98. The molecule has 104 valence electrons. The number of hydrogen-bond donors (Lipinski definition) is 0. The van der Waals surface area contributed by atoms with Crippen molar-refractivity contribution >= 4 is 11.9 Å². The van der Waals surface area contributed by atoms with Crippen molar-refractivity contribution < 1.29 is 27.5 Å². The lowest BCUT2D eigenvalue weighted by Gasteiger charge is -2.34. The summed E-state index contributed by atoms with van der Waals surface area (Å²) >= 11 is 0. The zero-order valence-corrected chi connectivity index (χ0v) is 10.1. The molecule has 0 N–H and O–H groups in total. The van der Waals surface area contributed by atoms with E-state index >= 15 is 0 Å². The van der Waals surface area contributed by atoms with E-state index in [4.69, 9.17) is 4.74 Å². The Morgan fingerprint density at radius 1 is 1.33 bits per heavy atom. The van der Waals surface area contributed by atoms with Crippen LogP contribution in [0.4, 0.5) is 13.2 Å². The summed E-state index contributed by atoms with van der Waals surface area (Å²) in [6.07, 6.45) is -4.39. The van der Waals surface area contributed by atoms with E-state index in [2.05, 4.69) is 0 Å². The molecular formula is C11H16F3NO3. The minimum absolute atomic E-state index is 0.149. The first kappa shape index (κ1) is 14.8. The van der Waals surface area contributed by atoms with E-state index in [0.717, 1.165) is 4.90 Å². The first-order valence-electron chi connectivity index (χ1n) is 5.88. The monoisotopic (exact) mass is 267 g/mol. The van der Waals surface area contributed by atoms with Crippen LogP contribution in [0.1, 0.15) is 32.6 Å². The largest absolute Gasteiger partial charge is 0.464 e. The van der Waals surface area contributed by atoms with Crippen molar-refractivity contribution in [2.24, 2.45) is 0 Å². The predicted molar refractivity (Wildman–Crippen MR) is 56.7 cm³/mol. The van der Waals surface area contributed by atoms with Gasteiger partial charge in [0.15, 0.2) is 0 Å². The third kappa shape index (κ3) is 4.19. The smallest absolute Gasteiger partial charge is 0.397 e. The van der Waals surface area contributed by atoms with Gasteiger partial charge in [-0.15, -0.1) is 0 Å². The number of esters is 1. The maximum atomic E-state index is 12.2. The molecule has 0 bridgehead atoms. The van der Waals surface area contributed by atoms with Gasteiger partial charge in [0.05, 0.1) is 6.61 Å². The van der Waals surface area contributed by atoms with E-state index in [0.29, 0.717) is 19.3 Å². The highest BCUT2D eigenvalue weighted by Crippen LogP contribution is 2.25. The van der Waals surface area contributed by atoms with Crippen LogP contribution in [0.5, 0.6) is 0 Å². The summed E-state index contributed by atoms with van der Waals surface area (Å²) in [6, 6.07) is -0.867. The summed E-state index contributed by atoms with van der Waals surface area (Å²) in [6.45, 7) is 1.94. The number of amides is 1. The van der Waals surface area contributed by atoms with Crippen molar-refractivity contribution in [3.8, 4) is 0 Å². The van der Waals surface area contributed by atoms with Gasteiger partial charge in [0, 0.05) is 6.54 Å². The maximum absolute atomic E-state index is 12.2. The molecule has 1 saturated heterocycles. The van der Waals surface area contributed by atoms with Crippen molar-refractivity contribution in [3.05, 3.63) is 0 Å². The van der Waals surface area contributed by atoms with Gasteiger partial charge < -0.3 is 9.64 Å². The summed E-state index contributed by atoms with van der Waals surface area (Å²) in [5, 5.41) is 0. The predicted octanol–water partition coefficient (Wildman–Crippen LogP) is 1.88. The number of likely N-dealkylation sites (tertiary alicyclic amines) is 1. The number of alkyl halides is 3. The van der Waals surface area contributed by atoms with E-state index in [9.17, 15) is 22.8 Å². The normalized spacial score (nSPS) is 20.7. The highest BCUT2D eigenvalue weighted by molar-refractivity contribution is 5.85. The molecule has 1 aliphatic rings. The zero-order valence-electron chi connectivity index (χ0n) is 10.1. The second-order valence-corrected chi connectivity index (χ2v) is 4.14. The first-order valence-corrected chi connectivity index (χ1v) is 5.88. The lowest BCUT2D eigenvalue weighted by atomic mass is 10.0. The van der Waals surface area contributed by atoms with Crippen molar-refractivity contribution in [1.29, 1.82) is 0 Å². The van der Waals surface area contributed by atoms with Gasteiger partial charge in [-0.2, -0.15) is 13.2 Å². The van der Waals surface area contributed by atoms with Crippen LogP contribution in [0.25, 0.3) is 0 Å². The number of carbonyl (C=O) groups is 2. The average molecular weight is 267 g/mol. The second-order valence-electron chi connectivity index (χ2n) is 4.14. The third-order valence-corrected chi connectivity index (χ3v) is 2.73. The summed E-state index contributed by atoms with van der Waals surface area (Å²) in [7, 11) is 0. The molecular weight excluding hydrogens is 251 g/mol. The molecule has 1 rings (SSSR count). The summed E-state index contributed by atoms with van der Waals surface area (Å²) in [5.41, 5.74) is 0. The first-order chi connectivity index (χ1) is 8.35. The molecule has 4 nitrogen and oxygen atoms in total. The van der Waals surface area contributed by atoms with E-state index in [1.165, 1.54) is 0 Å². The van der Waals surface area contributed by atoms with Crippen LogP contribution in [0.15, 0.2) is 0 Å². The van der Waals surface area contributed by atoms with Gasteiger partial charge in [-0.1, -0.05) is 0 Å². The summed E-state index contributed by atoms with van der Waals surface area (Å²) in [5.74, 6) is -1.67. The molecule has 1 fully saturated rings. The Hall–Kier alpha value is -1.27. The number of piperidine rings is 1. The highest BCUT2D eigenvalue weighted by Gasteiger charge is 2.39. The molecule has 7 heteroatoms. The number of rotatable bonds is 3. The molecule has 0 aromatic carbocycles. The summed E-state index contributed by atoms with van der Waals surface area (Å²) < 4.78 is 41.3. The van der Waals surface area contributed by atoms with Crippen molar-refractivity contribution in [2.75, 3.05) is 13.2 Å². The molecule has 1 aliphatic heterocycles. The second kappa shape index (κ2) is 6.06. The molecule has 0 aliphatic carbocycles. The van der Waals surface area contributed by atoms with Crippen LogP contribution in [-0.4, -0.2) is 42.1 Å². The van der Waals surface area contributed by atoms with Crippen molar-refractivity contribution in [2.45, 2.75) is 44.8 Å². The van der Waals surface area contributed by atoms with Gasteiger partial charge in [-0.25, -0.2) is 4.79 Å². The highest BCUT2D eigenvalue weighted by atomic mass is 19.4. The van der Waals surface area contributed by atoms with Crippen LogP contribution < -0.4 is 0 Å². The van der Waals surface area contributed by atoms with Gasteiger partial charge in [-0.05, 0) is 26.2 Å². The molecule has 0 aromatic rings. The lowest BCUT2D eigenvalue weighted by Crippen LogP contribution is -2.49. The van der Waals surface area contributed by atoms with Gasteiger partial charge in [-0.3, -0.25) is 4.79 Å². The van der Waals surface area contributed by atoms with Crippen LogP contribution in [-0.2, 0) is 14.3 Å². The fourth-order valence-corrected chi connectivity index (χ4v) is 1.99. The van der Waals surface area contributed by atoms with E-state index in [1.807, 2.05) is 0 Å². The van der Waals surface area contributed by atoms with Gasteiger partial charge >= 0.3 is 12.1 Å². The molecule has 1 atom stereocenters. The molecule has 0 radical (unpaired) electrons. The molecule has 1 heterocycles. The Balaban J connectivity index is 2.70. The Morgan fingerprint density at radius 2 is 2.00 bits per heavy atom. The van der Waals surface area contributed by atoms with Crippen LogP contribution in [0.3, 0.4) is 0 Å². The fraction of sp³-hybridized carbons (Fsp3) is 0.818. The fourth-order valence-electron chi connectivity index (χ4n) is 1.99. The Morgan fingerprint density at radius 3 is 2.56 bits per heavy atom. The number of halogens is 3. The molecule has 0 aromatic heterocycles. The molecule has 0 saturated carbocycles. The van der Waals surface area contributed by atoms with Crippen molar-refractivity contribution in [3.63, 3.8) is 0 Å². The molecule has 1 unspecified atom stereocenters. The van der Waals surface area contributed by atoms with E-state index < -0.39 is 30.5 Å². The number of nitrogens with zero attached hydrogens (tertiary/aromatic N) is 1. The minimum atomic E-state index is -4.55.